The fraction of sp³-hybridized carbons (Fsp3) is 0.364. The Morgan fingerprint density at radius 2 is 2.19 bits per heavy atom. The van der Waals surface area contributed by atoms with E-state index in [0.717, 1.165) is 5.69 Å². The molecule has 16 heavy (non-hydrogen) atoms. The van der Waals surface area contributed by atoms with Crippen molar-refractivity contribution in [3.8, 4) is 0 Å². The Kier molecular flexibility index (Phi) is 4.44. The number of pyridine rings is 1. The zero-order chi connectivity index (χ0) is 12.0. The van der Waals surface area contributed by atoms with Gasteiger partial charge in [0.15, 0.2) is 0 Å². The summed E-state index contributed by atoms with van der Waals surface area (Å²) in [6.07, 6.45) is 1.67. The van der Waals surface area contributed by atoms with Crippen molar-refractivity contribution in [2.45, 2.75) is 26.4 Å². The molecule has 1 aromatic heterocycles. The highest BCUT2D eigenvalue weighted by Gasteiger charge is 2.12. The van der Waals surface area contributed by atoms with Gasteiger partial charge < -0.3 is 10.6 Å². The van der Waals surface area contributed by atoms with E-state index in [1.165, 1.54) is 6.92 Å². The molecule has 0 saturated carbocycles. The normalized spacial score (nSPS) is 11.6. The Labute approximate surface area is 94.3 Å². The molecular formula is C11H15N3O2. The zero-order valence-electron chi connectivity index (χ0n) is 9.36. The molecule has 1 heterocycles. The molecule has 0 aromatic carbocycles. The summed E-state index contributed by atoms with van der Waals surface area (Å²) in [6.45, 7) is 3.38. The van der Waals surface area contributed by atoms with Crippen LogP contribution in [-0.2, 0) is 16.1 Å². The van der Waals surface area contributed by atoms with Crippen LogP contribution < -0.4 is 10.6 Å². The van der Waals surface area contributed by atoms with Crippen LogP contribution in [0.5, 0.6) is 0 Å². The smallest absolute Gasteiger partial charge is 0.242 e. The number of carbonyl (C=O) groups excluding carboxylic acids is 2. The Hall–Kier alpha value is -1.91. The number of amides is 2. The van der Waals surface area contributed by atoms with E-state index in [2.05, 4.69) is 15.6 Å². The maximum Gasteiger partial charge on any atom is 0.242 e. The average molecular weight is 221 g/mol. The molecule has 1 atom stereocenters. The van der Waals surface area contributed by atoms with Gasteiger partial charge in [-0.2, -0.15) is 0 Å². The summed E-state index contributed by atoms with van der Waals surface area (Å²) < 4.78 is 0. The van der Waals surface area contributed by atoms with Crippen LogP contribution in [0.25, 0.3) is 0 Å². The van der Waals surface area contributed by atoms with Gasteiger partial charge in [-0.1, -0.05) is 6.07 Å². The molecule has 1 rings (SSSR count). The second-order valence-corrected chi connectivity index (χ2v) is 3.46. The van der Waals surface area contributed by atoms with Crippen molar-refractivity contribution < 1.29 is 9.59 Å². The molecule has 5 nitrogen and oxygen atoms in total. The first kappa shape index (κ1) is 12.2. The summed E-state index contributed by atoms with van der Waals surface area (Å²) in [5.74, 6) is -0.443. The van der Waals surface area contributed by atoms with Crippen molar-refractivity contribution >= 4 is 11.8 Å². The van der Waals surface area contributed by atoms with Gasteiger partial charge in [-0.15, -0.1) is 0 Å². The van der Waals surface area contributed by atoms with Crippen molar-refractivity contribution in [1.82, 2.24) is 15.6 Å². The van der Waals surface area contributed by atoms with E-state index in [0.29, 0.717) is 6.54 Å². The monoisotopic (exact) mass is 221 g/mol. The first-order valence-corrected chi connectivity index (χ1v) is 5.04. The highest BCUT2D eigenvalue weighted by molar-refractivity contribution is 5.86. The van der Waals surface area contributed by atoms with Gasteiger partial charge in [0.2, 0.25) is 11.8 Å². The Bertz CT molecular complexity index is 365. The van der Waals surface area contributed by atoms with E-state index in [1.54, 1.807) is 13.1 Å². The summed E-state index contributed by atoms with van der Waals surface area (Å²) in [6, 6.07) is 4.96. The van der Waals surface area contributed by atoms with E-state index in [9.17, 15) is 9.59 Å². The minimum Gasteiger partial charge on any atom is -0.349 e. The molecule has 0 saturated heterocycles. The number of hydrogen-bond acceptors (Lipinski definition) is 3. The van der Waals surface area contributed by atoms with Gasteiger partial charge in [0.25, 0.3) is 0 Å². The molecule has 0 bridgehead atoms. The van der Waals surface area contributed by atoms with Crippen molar-refractivity contribution in [3.63, 3.8) is 0 Å². The Balaban J connectivity index is 2.38. The van der Waals surface area contributed by atoms with Gasteiger partial charge in [0.1, 0.15) is 6.04 Å². The van der Waals surface area contributed by atoms with E-state index < -0.39 is 6.04 Å². The van der Waals surface area contributed by atoms with E-state index in [-0.39, 0.29) is 11.8 Å². The molecule has 0 aliphatic rings. The van der Waals surface area contributed by atoms with Crippen LogP contribution in [0.1, 0.15) is 19.5 Å². The molecule has 2 N–H and O–H groups in total. The second-order valence-electron chi connectivity index (χ2n) is 3.46. The van der Waals surface area contributed by atoms with Crippen LogP contribution in [-0.4, -0.2) is 22.8 Å². The highest BCUT2D eigenvalue weighted by atomic mass is 16.2. The predicted octanol–water partition coefficient (Wildman–Crippen LogP) is 0.222. The van der Waals surface area contributed by atoms with Gasteiger partial charge in [0.05, 0.1) is 12.2 Å². The summed E-state index contributed by atoms with van der Waals surface area (Å²) in [5, 5.41) is 5.20. The quantitative estimate of drug-likeness (QED) is 0.764. The second kappa shape index (κ2) is 5.85. The average Bonchev–Trinajstić information content (AvgIpc) is 2.26. The predicted molar refractivity (Wildman–Crippen MR) is 59.4 cm³/mol. The molecule has 86 valence electrons. The van der Waals surface area contributed by atoms with Crippen LogP contribution in [0, 0.1) is 0 Å². The maximum atomic E-state index is 11.5. The van der Waals surface area contributed by atoms with Gasteiger partial charge in [-0.05, 0) is 19.1 Å². The molecule has 0 unspecified atom stereocenters. The molecule has 0 aliphatic carbocycles. The lowest BCUT2D eigenvalue weighted by Crippen LogP contribution is -2.43. The van der Waals surface area contributed by atoms with Gasteiger partial charge in [-0.3, -0.25) is 14.6 Å². The number of nitrogens with zero attached hydrogens (tertiary/aromatic N) is 1. The SMILES string of the molecule is CC(=O)N[C@@H](C)C(=O)NCc1ccccn1. The lowest BCUT2D eigenvalue weighted by Gasteiger charge is -2.12. The van der Waals surface area contributed by atoms with Crippen LogP contribution in [0.2, 0.25) is 0 Å². The standard InChI is InChI=1S/C11H15N3O2/c1-8(14-9(2)15)11(16)13-7-10-5-3-4-6-12-10/h3-6,8H,7H2,1-2H3,(H,13,16)(H,14,15)/t8-/m0/s1. The molecule has 2 amide bonds. The highest BCUT2D eigenvalue weighted by Crippen LogP contribution is 1.92. The van der Waals surface area contributed by atoms with Crippen LogP contribution in [0.4, 0.5) is 0 Å². The number of carbonyl (C=O) groups is 2. The fourth-order valence-corrected chi connectivity index (χ4v) is 1.20. The zero-order valence-corrected chi connectivity index (χ0v) is 9.36. The Morgan fingerprint density at radius 1 is 1.44 bits per heavy atom. The first-order chi connectivity index (χ1) is 7.59. The summed E-state index contributed by atoms with van der Waals surface area (Å²) >= 11 is 0. The van der Waals surface area contributed by atoms with Crippen LogP contribution in [0.3, 0.4) is 0 Å². The number of hydrogen-bond donors (Lipinski definition) is 2. The first-order valence-electron chi connectivity index (χ1n) is 5.04. The third-order valence-corrected chi connectivity index (χ3v) is 1.98. The summed E-state index contributed by atoms with van der Waals surface area (Å²) in [7, 11) is 0. The maximum absolute atomic E-state index is 11.5. The number of aromatic nitrogens is 1. The minimum absolute atomic E-state index is 0.221. The van der Waals surface area contributed by atoms with E-state index >= 15 is 0 Å². The number of nitrogens with one attached hydrogen (secondary N) is 2. The van der Waals surface area contributed by atoms with Gasteiger partial charge in [-0.25, -0.2) is 0 Å². The largest absolute Gasteiger partial charge is 0.349 e. The molecule has 1 aromatic rings. The minimum atomic E-state index is -0.527. The molecule has 0 radical (unpaired) electrons. The van der Waals surface area contributed by atoms with E-state index in [1.807, 2.05) is 18.2 Å². The fourth-order valence-electron chi connectivity index (χ4n) is 1.20. The van der Waals surface area contributed by atoms with Crippen molar-refractivity contribution in [1.29, 1.82) is 0 Å². The van der Waals surface area contributed by atoms with E-state index in [4.69, 9.17) is 0 Å². The van der Waals surface area contributed by atoms with Crippen molar-refractivity contribution in [2.24, 2.45) is 0 Å². The van der Waals surface area contributed by atoms with Gasteiger partial charge >= 0.3 is 0 Å². The van der Waals surface area contributed by atoms with Crippen LogP contribution >= 0.6 is 0 Å². The third-order valence-electron chi connectivity index (χ3n) is 1.98. The topological polar surface area (TPSA) is 71.1 Å². The van der Waals surface area contributed by atoms with Crippen molar-refractivity contribution in [2.75, 3.05) is 0 Å². The molecular weight excluding hydrogens is 206 g/mol. The molecule has 0 fully saturated rings. The van der Waals surface area contributed by atoms with Crippen LogP contribution in [0.15, 0.2) is 24.4 Å². The summed E-state index contributed by atoms with van der Waals surface area (Å²) in [5.41, 5.74) is 0.783. The third kappa shape index (κ3) is 4.08. The lowest BCUT2D eigenvalue weighted by atomic mass is 10.3. The van der Waals surface area contributed by atoms with Crippen molar-refractivity contribution in [3.05, 3.63) is 30.1 Å². The Morgan fingerprint density at radius 3 is 2.75 bits per heavy atom. The molecule has 5 heteroatoms. The summed E-state index contributed by atoms with van der Waals surface area (Å²) in [4.78, 5) is 26.3. The molecule has 0 aliphatic heterocycles. The lowest BCUT2D eigenvalue weighted by molar-refractivity contribution is -0.127. The number of rotatable bonds is 4. The molecule has 0 spiro atoms. The van der Waals surface area contributed by atoms with Gasteiger partial charge in [0, 0.05) is 13.1 Å².